The highest BCUT2D eigenvalue weighted by Gasteiger charge is 2.01. The standard InChI is InChI=1S/C13H18/c1-6-9(2)13-7-10(3)12(5)11(4)8-13/h6-8H,1-5H3/b9-6+. The van der Waals surface area contributed by atoms with E-state index >= 15 is 0 Å². The van der Waals surface area contributed by atoms with Crippen molar-refractivity contribution >= 4 is 5.57 Å². The molecule has 0 radical (unpaired) electrons. The fraction of sp³-hybridized carbons (Fsp3) is 0.385. The summed E-state index contributed by atoms with van der Waals surface area (Å²) in [6.07, 6.45) is 2.16. The smallest absolute Gasteiger partial charge is 0.0225 e. The minimum Gasteiger partial charge on any atom is -0.0841 e. The van der Waals surface area contributed by atoms with Gasteiger partial charge in [0.15, 0.2) is 0 Å². The summed E-state index contributed by atoms with van der Waals surface area (Å²) in [5.41, 5.74) is 6.88. The van der Waals surface area contributed by atoms with Crippen LogP contribution in [0.4, 0.5) is 0 Å². The largest absolute Gasteiger partial charge is 0.0841 e. The zero-order chi connectivity index (χ0) is 10.0. The van der Waals surface area contributed by atoms with Crippen molar-refractivity contribution in [1.29, 1.82) is 0 Å². The molecule has 0 nitrogen and oxygen atoms in total. The summed E-state index contributed by atoms with van der Waals surface area (Å²) in [7, 11) is 0. The third-order valence-electron chi connectivity index (χ3n) is 2.82. The Labute approximate surface area is 81.3 Å². The average molecular weight is 174 g/mol. The lowest BCUT2D eigenvalue weighted by Gasteiger charge is -2.09. The van der Waals surface area contributed by atoms with Gasteiger partial charge in [0.1, 0.15) is 0 Å². The average Bonchev–Trinajstić information content (AvgIpc) is 2.12. The molecule has 1 rings (SSSR count). The van der Waals surface area contributed by atoms with Gasteiger partial charge in [0.05, 0.1) is 0 Å². The molecule has 0 spiro atoms. The van der Waals surface area contributed by atoms with Crippen molar-refractivity contribution in [3.63, 3.8) is 0 Å². The molecule has 70 valence electrons. The van der Waals surface area contributed by atoms with Crippen molar-refractivity contribution < 1.29 is 0 Å². The van der Waals surface area contributed by atoms with Crippen LogP contribution in [0, 0.1) is 20.8 Å². The van der Waals surface area contributed by atoms with E-state index in [0.717, 1.165) is 0 Å². The van der Waals surface area contributed by atoms with Gasteiger partial charge in [0, 0.05) is 0 Å². The molecule has 0 heterocycles. The molecule has 0 aliphatic carbocycles. The molecular formula is C13H18. The van der Waals surface area contributed by atoms with E-state index in [1.807, 2.05) is 0 Å². The molecule has 0 unspecified atom stereocenters. The third-order valence-corrected chi connectivity index (χ3v) is 2.82. The summed E-state index contributed by atoms with van der Waals surface area (Å²) in [4.78, 5) is 0. The molecular weight excluding hydrogens is 156 g/mol. The molecule has 0 N–H and O–H groups in total. The lowest BCUT2D eigenvalue weighted by atomic mass is 9.97. The van der Waals surface area contributed by atoms with Gasteiger partial charge < -0.3 is 0 Å². The Balaban J connectivity index is 3.29. The highest BCUT2D eigenvalue weighted by Crippen LogP contribution is 2.20. The fourth-order valence-corrected chi connectivity index (χ4v) is 1.43. The van der Waals surface area contributed by atoms with Crippen molar-refractivity contribution in [2.75, 3.05) is 0 Å². The van der Waals surface area contributed by atoms with Crippen molar-refractivity contribution in [3.8, 4) is 0 Å². The van der Waals surface area contributed by atoms with Crippen molar-refractivity contribution in [1.82, 2.24) is 0 Å². The SMILES string of the molecule is C/C=C(\C)c1cc(C)c(C)c(C)c1. The van der Waals surface area contributed by atoms with E-state index in [-0.39, 0.29) is 0 Å². The van der Waals surface area contributed by atoms with E-state index in [1.165, 1.54) is 27.8 Å². The lowest BCUT2D eigenvalue weighted by molar-refractivity contribution is 1.25. The molecule has 1 aromatic rings. The first-order valence-corrected chi connectivity index (χ1v) is 4.77. The Bertz CT molecular complexity index is 320. The molecule has 0 aromatic heterocycles. The minimum atomic E-state index is 1.35. The normalized spacial score (nSPS) is 11.9. The molecule has 0 saturated carbocycles. The number of hydrogen-bond donors (Lipinski definition) is 0. The number of hydrogen-bond acceptors (Lipinski definition) is 0. The van der Waals surface area contributed by atoms with E-state index in [2.05, 4.69) is 52.8 Å². The van der Waals surface area contributed by atoms with Gasteiger partial charge in [-0.05, 0) is 62.4 Å². The molecule has 0 bridgehead atoms. The van der Waals surface area contributed by atoms with Gasteiger partial charge in [0.25, 0.3) is 0 Å². The van der Waals surface area contributed by atoms with Crippen molar-refractivity contribution in [2.45, 2.75) is 34.6 Å². The van der Waals surface area contributed by atoms with Gasteiger partial charge in [-0.3, -0.25) is 0 Å². The highest BCUT2D eigenvalue weighted by atomic mass is 14.1. The Hall–Kier alpha value is -1.04. The van der Waals surface area contributed by atoms with Gasteiger partial charge in [-0.25, -0.2) is 0 Å². The summed E-state index contributed by atoms with van der Waals surface area (Å²) in [5, 5.41) is 0. The van der Waals surface area contributed by atoms with Crippen LogP contribution >= 0.6 is 0 Å². The predicted molar refractivity (Wildman–Crippen MR) is 60.0 cm³/mol. The van der Waals surface area contributed by atoms with Crippen LogP contribution in [0.2, 0.25) is 0 Å². The monoisotopic (exact) mass is 174 g/mol. The topological polar surface area (TPSA) is 0 Å². The molecule has 0 heteroatoms. The Morgan fingerprint density at radius 2 is 1.54 bits per heavy atom. The van der Waals surface area contributed by atoms with Crippen LogP contribution in [0.15, 0.2) is 18.2 Å². The van der Waals surface area contributed by atoms with Crippen LogP contribution in [-0.2, 0) is 0 Å². The van der Waals surface area contributed by atoms with Gasteiger partial charge in [-0.15, -0.1) is 0 Å². The zero-order valence-corrected chi connectivity index (χ0v) is 9.23. The number of aryl methyl sites for hydroxylation is 2. The molecule has 0 atom stereocenters. The second-order valence-corrected chi connectivity index (χ2v) is 3.71. The molecule has 13 heavy (non-hydrogen) atoms. The highest BCUT2D eigenvalue weighted by molar-refractivity contribution is 5.65. The fourth-order valence-electron chi connectivity index (χ4n) is 1.43. The van der Waals surface area contributed by atoms with Crippen LogP contribution < -0.4 is 0 Å². The third kappa shape index (κ3) is 2.00. The second-order valence-electron chi connectivity index (χ2n) is 3.71. The molecule has 0 aliphatic heterocycles. The van der Waals surface area contributed by atoms with E-state index in [0.29, 0.717) is 0 Å². The maximum atomic E-state index is 2.26. The van der Waals surface area contributed by atoms with E-state index in [9.17, 15) is 0 Å². The van der Waals surface area contributed by atoms with Gasteiger partial charge in [0.2, 0.25) is 0 Å². The predicted octanol–water partition coefficient (Wildman–Crippen LogP) is 4.04. The summed E-state index contributed by atoms with van der Waals surface area (Å²) in [6, 6.07) is 4.52. The van der Waals surface area contributed by atoms with Crippen LogP contribution in [-0.4, -0.2) is 0 Å². The first-order valence-electron chi connectivity index (χ1n) is 4.77. The molecule has 1 aromatic carbocycles. The summed E-state index contributed by atoms with van der Waals surface area (Å²) in [5.74, 6) is 0. The van der Waals surface area contributed by atoms with E-state index < -0.39 is 0 Å². The molecule has 0 aliphatic rings. The maximum absolute atomic E-state index is 2.26. The Morgan fingerprint density at radius 1 is 1.08 bits per heavy atom. The zero-order valence-electron chi connectivity index (χ0n) is 9.23. The first-order chi connectivity index (χ1) is 6.06. The molecule has 0 amide bonds. The Morgan fingerprint density at radius 3 is 1.92 bits per heavy atom. The summed E-state index contributed by atoms with van der Waals surface area (Å²) >= 11 is 0. The summed E-state index contributed by atoms with van der Waals surface area (Å²) < 4.78 is 0. The molecule has 0 fully saturated rings. The minimum absolute atomic E-state index is 1.35. The lowest BCUT2D eigenvalue weighted by Crippen LogP contribution is -1.89. The maximum Gasteiger partial charge on any atom is -0.0225 e. The second kappa shape index (κ2) is 3.78. The van der Waals surface area contributed by atoms with Crippen LogP contribution in [0.25, 0.3) is 5.57 Å². The number of rotatable bonds is 1. The van der Waals surface area contributed by atoms with Gasteiger partial charge in [-0.2, -0.15) is 0 Å². The van der Waals surface area contributed by atoms with Gasteiger partial charge in [-0.1, -0.05) is 18.2 Å². The van der Waals surface area contributed by atoms with Crippen molar-refractivity contribution in [2.24, 2.45) is 0 Å². The van der Waals surface area contributed by atoms with Crippen LogP contribution in [0.3, 0.4) is 0 Å². The Kier molecular flexibility index (Phi) is 2.92. The van der Waals surface area contributed by atoms with Crippen LogP contribution in [0.5, 0.6) is 0 Å². The van der Waals surface area contributed by atoms with E-state index in [1.54, 1.807) is 0 Å². The number of benzene rings is 1. The summed E-state index contributed by atoms with van der Waals surface area (Å²) in [6.45, 7) is 10.8. The number of allylic oxidation sites excluding steroid dienone is 2. The van der Waals surface area contributed by atoms with E-state index in [4.69, 9.17) is 0 Å². The van der Waals surface area contributed by atoms with Gasteiger partial charge >= 0.3 is 0 Å². The first kappa shape index (κ1) is 10.0. The van der Waals surface area contributed by atoms with Crippen LogP contribution in [0.1, 0.15) is 36.1 Å². The van der Waals surface area contributed by atoms with Crippen molar-refractivity contribution in [3.05, 3.63) is 40.5 Å². The quantitative estimate of drug-likeness (QED) is 0.603. The molecule has 0 saturated heterocycles.